The van der Waals surface area contributed by atoms with Crippen molar-refractivity contribution in [3.05, 3.63) is 28.3 Å². The van der Waals surface area contributed by atoms with Gasteiger partial charge in [0.2, 0.25) is 0 Å². The van der Waals surface area contributed by atoms with Gasteiger partial charge in [-0.25, -0.2) is 14.2 Å². The van der Waals surface area contributed by atoms with Crippen LogP contribution in [0.3, 0.4) is 0 Å². The number of aromatic nitrogens is 1. The van der Waals surface area contributed by atoms with E-state index in [0.717, 1.165) is 13.2 Å². The summed E-state index contributed by atoms with van der Waals surface area (Å²) < 4.78 is 17.4. The van der Waals surface area contributed by atoms with E-state index in [1.54, 1.807) is 6.92 Å². The Morgan fingerprint density at radius 1 is 1.69 bits per heavy atom. The van der Waals surface area contributed by atoms with E-state index in [2.05, 4.69) is 9.72 Å². The highest BCUT2D eigenvalue weighted by molar-refractivity contribution is 6.30. The third-order valence-electron chi connectivity index (χ3n) is 1.48. The highest BCUT2D eigenvalue weighted by Crippen LogP contribution is 2.16. The fraction of sp³-hybridized carbons (Fsp3) is 0.250. The minimum atomic E-state index is -0.834. The summed E-state index contributed by atoms with van der Waals surface area (Å²) in [6, 6.07) is 1.14. The number of aryl methyl sites for hydroxylation is 1. The van der Waals surface area contributed by atoms with Gasteiger partial charge in [-0.2, -0.15) is 0 Å². The largest absolute Gasteiger partial charge is 0.464 e. The van der Waals surface area contributed by atoms with Crippen LogP contribution in [-0.2, 0) is 4.74 Å². The van der Waals surface area contributed by atoms with Gasteiger partial charge in [-0.3, -0.25) is 0 Å². The van der Waals surface area contributed by atoms with Crippen molar-refractivity contribution in [1.29, 1.82) is 0 Å². The Bertz CT molecular complexity index is 354. The van der Waals surface area contributed by atoms with Gasteiger partial charge in [0.05, 0.1) is 7.11 Å². The average Bonchev–Trinajstić information content (AvgIpc) is 2.10. The van der Waals surface area contributed by atoms with Crippen LogP contribution in [0.5, 0.6) is 0 Å². The lowest BCUT2D eigenvalue weighted by atomic mass is 10.2. The van der Waals surface area contributed by atoms with Crippen LogP contribution in [0, 0.1) is 12.7 Å². The molecule has 0 unspecified atom stereocenters. The van der Waals surface area contributed by atoms with Gasteiger partial charge in [0.25, 0.3) is 0 Å². The SMILES string of the molecule is COC(=O)c1nc(Cl)c(C)cc1F. The number of pyridine rings is 1. The van der Waals surface area contributed by atoms with Gasteiger partial charge < -0.3 is 4.74 Å². The van der Waals surface area contributed by atoms with Crippen molar-refractivity contribution in [3.63, 3.8) is 0 Å². The molecule has 0 aliphatic heterocycles. The van der Waals surface area contributed by atoms with Gasteiger partial charge in [-0.1, -0.05) is 11.6 Å². The number of halogens is 2. The first-order chi connectivity index (χ1) is 6.06. The molecular formula is C8H7ClFNO2. The van der Waals surface area contributed by atoms with Gasteiger partial charge in [0.1, 0.15) is 5.15 Å². The third kappa shape index (κ3) is 1.95. The molecule has 0 radical (unpaired) electrons. The van der Waals surface area contributed by atoms with Gasteiger partial charge >= 0.3 is 5.97 Å². The Kier molecular flexibility index (Phi) is 2.83. The van der Waals surface area contributed by atoms with Crippen LogP contribution >= 0.6 is 11.6 Å². The van der Waals surface area contributed by atoms with Crippen LogP contribution in [0.15, 0.2) is 6.07 Å². The lowest BCUT2D eigenvalue weighted by Gasteiger charge is -2.02. The van der Waals surface area contributed by atoms with Gasteiger partial charge in [0.15, 0.2) is 11.5 Å². The van der Waals surface area contributed by atoms with E-state index in [1.807, 2.05) is 0 Å². The summed E-state index contributed by atoms with van der Waals surface area (Å²) in [5, 5.41) is 0.0989. The Morgan fingerprint density at radius 3 is 2.85 bits per heavy atom. The van der Waals surface area contributed by atoms with E-state index in [-0.39, 0.29) is 5.15 Å². The lowest BCUT2D eigenvalue weighted by Crippen LogP contribution is -2.08. The highest BCUT2D eigenvalue weighted by Gasteiger charge is 2.15. The van der Waals surface area contributed by atoms with Crippen molar-refractivity contribution >= 4 is 17.6 Å². The molecule has 0 aliphatic rings. The number of carbonyl (C=O) groups excluding carboxylic acids is 1. The zero-order chi connectivity index (χ0) is 10.0. The second kappa shape index (κ2) is 3.70. The topological polar surface area (TPSA) is 39.2 Å². The van der Waals surface area contributed by atoms with Crippen LogP contribution in [0.2, 0.25) is 5.15 Å². The molecule has 1 rings (SSSR count). The molecule has 1 aromatic heterocycles. The maximum Gasteiger partial charge on any atom is 0.359 e. The summed E-state index contributed by atoms with van der Waals surface area (Å²) in [5.41, 5.74) is 0.0879. The molecule has 1 aromatic rings. The number of hydrogen-bond donors (Lipinski definition) is 0. The quantitative estimate of drug-likeness (QED) is 0.518. The van der Waals surface area contributed by atoms with Crippen molar-refractivity contribution < 1.29 is 13.9 Å². The standard InChI is InChI=1S/C8H7ClFNO2/c1-4-3-5(10)6(8(12)13-2)11-7(4)9/h3H,1-2H3. The molecule has 0 aliphatic carbocycles. The summed E-state index contributed by atoms with van der Waals surface area (Å²) in [4.78, 5) is 14.5. The molecule has 0 amide bonds. The zero-order valence-corrected chi connectivity index (χ0v) is 7.85. The number of ether oxygens (including phenoxy) is 1. The smallest absolute Gasteiger partial charge is 0.359 e. The van der Waals surface area contributed by atoms with Gasteiger partial charge in [-0.15, -0.1) is 0 Å². The minimum Gasteiger partial charge on any atom is -0.464 e. The van der Waals surface area contributed by atoms with E-state index in [1.165, 1.54) is 0 Å². The average molecular weight is 204 g/mol. The number of nitrogens with zero attached hydrogens (tertiary/aromatic N) is 1. The molecule has 0 saturated heterocycles. The van der Waals surface area contributed by atoms with Crippen LogP contribution in [0.25, 0.3) is 0 Å². The summed E-state index contributed by atoms with van der Waals surface area (Å²) in [5.74, 6) is -1.56. The summed E-state index contributed by atoms with van der Waals surface area (Å²) in [7, 11) is 1.15. The maximum atomic E-state index is 13.0. The summed E-state index contributed by atoms with van der Waals surface area (Å²) in [6.07, 6.45) is 0. The second-order valence-electron chi connectivity index (χ2n) is 2.42. The Balaban J connectivity index is 3.23. The van der Waals surface area contributed by atoms with Gasteiger partial charge in [-0.05, 0) is 18.6 Å². The molecule has 70 valence electrons. The van der Waals surface area contributed by atoms with Crippen molar-refractivity contribution in [3.8, 4) is 0 Å². The number of esters is 1. The predicted molar refractivity (Wildman–Crippen MR) is 45.3 cm³/mol. The summed E-state index contributed by atoms with van der Waals surface area (Å²) >= 11 is 5.60. The van der Waals surface area contributed by atoms with Crippen molar-refractivity contribution in [2.45, 2.75) is 6.92 Å². The second-order valence-corrected chi connectivity index (χ2v) is 2.78. The highest BCUT2D eigenvalue weighted by atomic mass is 35.5. The molecule has 0 aromatic carbocycles. The normalized spacial score (nSPS) is 9.85. The van der Waals surface area contributed by atoms with Crippen LogP contribution in [0.4, 0.5) is 4.39 Å². The molecule has 0 atom stereocenters. The van der Waals surface area contributed by atoms with Crippen molar-refractivity contribution in [2.24, 2.45) is 0 Å². The van der Waals surface area contributed by atoms with Crippen LogP contribution in [-0.4, -0.2) is 18.1 Å². The molecular weight excluding hydrogens is 197 g/mol. The third-order valence-corrected chi connectivity index (χ3v) is 1.87. The Labute approximate surface area is 79.5 Å². The van der Waals surface area contributed by atoms with Crippen LogP contribution < -0.4 is 0 Å². The fourth-order valence-corrected chi connectivity index (χ4v) is 0.937. The number of rotatable bonds is 1. The first-order valence-electron chi connectivity index (χ1n) is 3.47. The molecule has 0 spiro atoms. The Hall–Kier alpha value is -1.16. The molecule has 0 fully saturated rings. The van der Waals surface area contributed by atoms with E-state index < -0.39 is 17.5 Å². The zero-order valence-electron chi connectivity index (χ0n) is 7.10. The monoisotopic (exact) mass is 203 g/mol. The van der Waals surface area contributed by atoms with Crippen molar-refractivity contribution in [1.82, 2.24) is 4.98 Å². The van der Waals surface area contributed by atoms with E-state index in [9.17, 15) is 9.18 Å². The predicted octanol–water partition coefficient (Wildman–Crippen LogP) is 1.97. The minimum absolute atomic E-state index is 0.0989. The Morgan fingerprint density at radius 2 is 2.31 bits per heavy atom. The molecule has 0 N–H and O–H groups in total. The lowest BCUT2D eigenvalue weighted by molar-refractivity contribution is 0.0588. The number of methoxy groups -OCH3 is 1. The number of carbonyl (C=O) groups is 1. The number of hydrogen-bond acceptors (Lipinski definition) is 3. The molecule has 5 heteroatoms. The molecule has 0 saturated carbocycles. The molecule has 1 heterocycles. The first-order valence-corrected chi connectivity index (χ1v) is 3.85. The maximum absolute atomic E-state index is 13.0. The summed E-state index contributed by atoms with van der Waals surface area (Å²) in [6.45, 7) is 1.60. The molecule has 3 nitrogen and oxygen atoms in total. The fourth-order valence-electron chi connectivity index (χ4n) is 0.798. The van der Waals surface area contributed by atoms with Crippen molar-refractivity contribution in [2.75, 3.05) is 7.11 Å². The molecule has 0 bridgehead atoms. The van der Waals surface area contributed by atoms with E-state index >= 15 is 0 Å². The first kappa shape index (κ1) is 9.92. The molecule has 13 heavy (non-hydrogen) atoms. The van der Waals surface area contributed by atoms with Gasteiger partial charge in [0, 0.05) is 0 Å². The van der Waals surface area contributed by atoms with E-state index in [4.69, 9.17) is 11.6 Å². The van der Waals surface area contributed by atoms with E-state index in [0.29, 0.717) is 5.56 Å². The van der Waals surface area contributed by atoms with Crippen LogP contribution in [0.1, 0.15) is 16.1 Å².